The summed E-state index contributed by atoms with van der Waals surface area (Å²) in [6.45, 7) is 7.72. The van der Waals surface area contributed by atoms with Crippen LogP contribution in [0.25, 0.3) is 0 Å². The molecule has 7 heteroatoms. The third-order valence-corrected chi connectivity index (χ3v) is 3.19. The van der Waals surface area contributed by atoms with E-state index in [1.165, 1.54) is 0 Å². The van der Waals surface area contributed by atoms with Gasteiger partial charge in [0.15, 0.2) is 0 Å². The van der Waals surface area contributed by atoms with Gasteiger partial charge in [-0.25, -0.2) is 4.79 Å². The number of anilines is 1. The van der Waals surface area contributed by atoms with Crippen LogP contribution in [0.15, 0.2) is 16.6 Å². The van der Waals surface area contributed by atoms with Gasteiger partial charge >= 0.3 is 6.09 Å². The molecule has 0 fully saturated rings. The molecule has 4 N–H and O–H groups in total. The second-order valence-corrected chi connectivity index (χ2v) is 6.77. The lowest BCUT2D eigenvalue weighted by atomic mass is 10.1. The Hall–Kier alpha value is -1.76. The number of rotatable bonds is 4. The third-order valence-electron chi connectivity index (χ3n) is 2.74. The van der Waals surface area contributed by atoms with Crippen molar-refractivity contribution in [2.45, 2.75) is 33.3 Å². The van der Waals surface area contributed by atoms with Gasteiger partial charge in [-0.3, -0.25) is 4.79 Å². The summed E-state index contributed by atoms with van der Waals surface area (Å²) in [6, 6.07) is 3.46. The molecule has 0 spiro atoms. The van der Waals surface area contributed by atoms with Gasteiger partial charge in [-0.1, -0.05) is 15.9 Å². The molecule has 0 radical (unpaired) electrons. The monoisotopic (exact) mass is 371 g/mol. The molecular formula is C15H22BrN3O3. The zero-order chi connectivity index (χ0) is 16.9. The van der Waals surface area contributed by atoms with Gasteiger partial charge in [0.1, 0.15) is 5.60 Å². The van der Waals surface area contributed by atoms with Gasteiger partial charge in [-0.2, -0.15) is 0 Å². The molecule has 2 amide bonds. The number of carbonyl (C=O) groups excluding carboxylic acids is 2. The number of nitrogens with two attached hydrogens (primary N) is 1. The first-order chi connectivity index (χ1) is 10.1. The molecule has 0 aliphatic carbocycles. The lowest BCUT2D eigenvalue weighted by Crippen LogP contribution is -2.38. The highest BCUT2D eigenvalue weighted by Gasteiger charge is 2.16. The molecule has 0 aromatic heterocycles. The first kappa shape index (κ1) is 18.3. The third kappa shape index (κ3) is 5.93. The molecule has 0 aliphatic heterocycles. The number of nitrogens with one attached hydrogen (secondary N) is 2. The quantitative estimate of drug-likeness (QED) is 0.560. The molecule has 0 atom stereocenters. The normalized spacial score (nSPS) is 11.0. The average Bonchev–Trinajstić information content (AvgIpc) is 2.36. The summed E-state index contributed by atoms with van der Waals surface area (Å²) in [5.74, 6) is -0.239. The fourth-order valence-electron chi connectivity index (χ4n) is 1.69. The Bertz CT molecular complexity index is 568. The molecule has 6 nitrogen and oxygen atoms in total. The number of ether oxygens (including phenoxy) is 1. The lowest BCUT2D eigenvalue weighted by molar-refractivity contribution is 0.0526. The van der Waals surface area contributed by atoms with Gasteiger partial charge < -0.3 is 21.1 Å². The second kappa shape index (κ2) is 7.49. The van der Waals surface area contributed by atoms with E-state index in [0.29, 0.717) is 17.8 Å². The Kier molecular flexibility index (Phi) is 6.22. The maximum atomic E-state index is 12.1. The molecule has 0 unspecified atom stereocenters. The molecule has 1 aromatic rings. The Balaban J connectivity index is 2.46. The van der Waals surface area contributed by atoms with Crippen LogP contribution in [0.3, 0.4) is 0 Å². The van der Waals surface area contributed by atoms with Crippen LogP contribution in [0.5, 0.6) is 0 Å². The second-order valence-electron chi connectivity index (χ2n) is 5.85. The maximum absolute atomic E-state index is 12.1. The topological polar surface area (TPSA) is 93.5 Å². The highest BCUT2D eigenvalue weighted by Crippen LogP contribution is 2.22. The minimum atomic E-state index is -0.543. The van der Waals surface area contributed by atoms with Crippen molar-refractivity contribution in [3.05, 3.63) is 27.7 Å². The van der Waals surface area contributed by atoms with E-state index in [-0.39, 0.29) is 12.5 Å². The Labute approximate surface area is 138 Å². The van der Waals surface area contributed by atoms with Crippen LogP contribution in [-0.2, 0) is 4.74 Å². The summed E-state index contributed by atoms with van der Waals surface area (Å²) in [5, 5.41) is 5.30. The summed E-state index contributed by atoms with van der Waals surface area (Å²) in [7, 11) is 0. The number of halogens is 1. The van der Waals surface area contributed by atoms with Crippen molar-refractivity contribution < 1.29 is 14.3 Å². The van der Waals surface area contributed by atoms with Crippen LogP contribution in [0.2, 0.25) is 0 Å². The SMILES string of the molecule is Cc1c(N)cc(Br)cc1C(=O)NCCNC(=O)OC(C)(C)C. The van der Waals surface area contributed by atoms with Crippen LogP contribution in [-0.4, -0.2) is 30.7 Å². The molecule has 0 bridgehead atoms. The van der Waals surface area contributed by atoms with Gasteiger partial charge in [0.05, 0.1) is 0 Å². The van der Waals surface area contributed by atoms with E-state index in [1.54, 1.807) is 39.8 Å². The molecule has 1 aromatic carbocycles. The minimum Gasteiger partial charge on any atom is -0.444 e. The molecule has 22 heavy (non-hydrogen) atoms. The van der Waals surface area contributed by atoms with E-state index in [4.69, 9.17) is 10.5 Å². The molecule has 0 saturated carbocycles. The first-order valence-electron chi connectivity index (χ1n) is 6.91. The van der Waals surface area contributed by atoms with Crippen LogP contribution >= 0.6 is 15.9 Å². The number of carbonyl (C=O) groups is 2. The summed E-state index contributed by atoms with van der Waals surface area (Å²) in [4.78, 5) is 23.6. The van der Waals surface area contributed by atoms with E-state index in [2.05, 4.69) is 26.6 Å². The van der Waals surface area contributed by atoms with E-state index in [0.717, 1.165) is 10.0 Å². The van der Waals surface area contributed by atoms with Crippen molar-refractivity contribution in [3.8, 4) is 0 Å². The average molecular weight is 372 g/mol. The number of alkyl carbamates (subject to hydrolysis) is 1. The van der Waals surface area contributed by atoms with Gasteiger partial charge in [0.2, 0.25) is 0 Å². The Morgan fingerprint density at radius 3 is 2.41 bits per heavy atom. The lowest BCUT2D eigenvalue weighted by Gasteiger charge is -2.19. The Morgan fingerprint density at radius 2 is 1.82 bits per heavy atom. The van der Waals surface area contributed by atoms with Gasteiger partial charge in [0, 0.05) is 28.8 Å². The van der Waals surface area contributed by atoms with Crippen LogP contribution in [0.4, 0.5) is 10.5 Å². The van der Waals surface area contributed by atoms with E-state index >= 15 is 0 Å². The maximum Gasteiger partial charge on any atom is 0.407 e. The number of amides is 2. The zero-order valence-electron chi connectivity index (χ0n) is 13.2. The summed E-state index contributed by atoms with van der Waals surface area (Å²) >= 11 is 3.31. The number of hydrogen-bond donors (Lipinski definition) is 3. The predicted octanol–water partition coefficient (Wildman–Crippen LogP) is 2.59. The molecule has 0 heterocycles. The molecule has 122 valence electrons. The predicted molar refractivity (Wildman–Crippen MR) is 89.9 cm³/mol. The van der Waals surface area contributed by atoms with Crippen LogP contribution in [0.1, 0.15) is 36.7 Å². The van der Waals surface area contributed by atoms with Gasteiger partial charge in [-0.05, 0) is 45.4 Å². The zero-order valence-corrected chi connectivity index (χ0v) is 14.8. The van der Waals surface area contributed by atoms with Gasteiger partial charge in [-0.15, -0.1) is 0 Å². The Morgan fingerprint density at radius 1 is 1.23 bits per heavy atom. The molecule has 1 rings (SSSR count). The summed E-state index contributed by atoms with van der Waals surface area (Å²) in [5.41, 5.74) is 7.06. The first-order valence-corrected chi connectivity index (χ1v) is 7.70. The highest BCUT2D eigenvalue weighted by atomic mass is 79.9. The van der Waals surface area contributed by atoms with E-state index in [9.17, 15) is 9.59 Å². The van der Waals surface area contributed by atoms with Crippen molar-refractivity contribution in [1.82, 2.24) is 10.6 Å². The summed E-state index contributed by atoms with van der Waals surface area (Å²) in [6.07, 6.45) is -0.510. The number of hydrogen-bond acceptors (Lipinski definition) is 4. The fourth-order valence-corrected chi connectivity index (χ4v) is 2.16. The van der Waals surface area contributed by atoms with Crippen LogP contribution < -0.4 is 16.4 Å². The summed E-state index contributed by atoms with van der Waals surface area (Å²) < 4.78 is 5.84. The van der Waals surface area contributed by atoms with E-state index < -0.39 is 11.7 Å². The van der Waals surface area contributed by atoms with Crippen molar-refractivity contribution in [2.24, 2.45) is 0 Å². The van der Waals surface area contributed by atoms with Gasteiger partial charge in [0.25, 0.3) is 5.91 Å². The van der Waals surface area contributed by atoms with Crippen LogP contribution in [0, 0.1) is 6.92 Å². The van der Waals surface area contributed by atoms with E-state index in [1.807, 2.05) is 0 Å². The smallest absolute Gasteiger partial charge is 0.407 e. The van der Waals surface area contributed by atoms with Crippen molar-refractivity contribution in [1.29, 1.82) is 0 Å². The molecular weight excluding hydrogens is 350 g/mol. The minimum absolute atomic E-state index is 0.239. The number of nitrogen functional groups attached to an aromatic ring is 1. The number of benzene rings is 1. The van der Waals surface area contributed by atoms with Crippen molar-refractivity contribution >= 4 is 33.6 Å². The molecule has 0 aliphatic rings. The van der Waals surface area contributed by atoms with Crippen molar-refractivity contribution in [2.75, 3.05) is 18.8 Å². The largest absolute Gasteiger partial charge is 0.444 e. The van der Waals surface area contributed by atoms with Crippen molar-refractivity contribution in [3.63, 3.8) is 0 Å². The molecule has 0 saturated heterocycles. The fraction of sp³-hybridized carbons (Fsp3) is 0.467. The standard InChI is InChI=1S/C15H22BrN3O3/c1-9-11(7-10(16)8-12(9)17)13(20)18-5-6-19-14(21)22-15(2,3)4/h7-8H,5-6,17H2,1-4H3,(H,18,20)(H,19,21). The highest BCUT2D eigenvalue weighted by molar-refractivity contribution is 9.10.